The lowest BCUT2D eigenvalue weighted by molar-refractivity contribution is 0.0846. The van der Waals surface area contributed by atoms with E-state index in [1.807, 2.05) is 18.2 Å². The van der Waals surface area contributed by atoms with Crippen molar-refractivity contribution in [3.8, 4) is 0 Å². The van der Waals surface area contributed by atoms with Crippen LogP contribution in [0.25, 0.3) is 0 Å². The molecule has 0 spiro atoms. The highest BCUT2D eigenvalue weighted by molar-refractivity contribution is 6.05. The van der Waals surface area contributed by atoms with Gasteiger partial charge in [-0.3, -0.25) is 45.0 Å². The van der Waals surface area contributed by atoms with Crippen LogP contribution in [0.15, 0.2) is 164 Å². The molecular weight excluding hydrogens is 612 g/mol. The Labute approximate surface area is 275 Å². The van der Waals surface area contributed by atoms with Gasteiger partial charge in [0.05, 0.1) is 22.6 Å². The third-order valence-electron chi connectivity index (χ3n) is 6.30. The fourth-order valence-corrected chi connectivity index (χ4v) is 3.89. The summed E-state index contributed by atoms with van der Waals surface area (Å²) in [6.07, 6.45) is 7.50. The zero-order valence-corrected chi connectivity index (χ0v) is 25.3. The van der Waals surface area contributed by atoms with E-state index in [9.17, 15) is 30.0 Å². The molecule has 0 aliphatic heterocycles. The number of rotatable bonds is 6. The van der Waals surface area contributed by atoms with Gasteiger partial charge in [0.2, 0.25) is 0 Å². The summed E-state index contributed by atoms with van der Waals surface area (Å²) in [5.41, 5.74) is 2.21. The van der Waals surface area contributed by atoms with E-state index in [2.05, 4.69) is 15.0 Å². The SMILES string of the molecule is O=C(c1ccccn1)N(O)c1ccccc1.O=C(c1cccnc1)N(O)c1ccccc1.O=C(c1ccncc1)N(O)c1ccccc1. The highest BCUT2D eigenvalue weighted by atomic mass is 16.5. The van der Waals surface area contributed by atoms with Gasteiger partial charge in [-0.15, -0.1) is 0 Å². The van der Waals surface area contributed by atoms with E-state index in [-0.39, 0.29) is 5.69 Å². The standard InChI is InChI=1S/3C12H10N2O2/c15-12(10-5-4-8-13-9-10)14(16)11-6-2-1-3-7-11;15-12(11-8-4-5-9-13-11)14(16)10-6-2-1-3-7-10;15-12(10-6-8-13-9-7-10)14(16)11-4-2-1-3-5-11/h3*1-9,16H. The van der Waals surface area contributed by atoms with E-state index >= 15 is 0 Å². The zero-order chi connectivity index (χ0) is 34.1. The largest absolute Gasteiger partial charge is 0.300 e. The van der Waals surface area contributed by atoms with Gasteiger partial charge in [-0.1, -0.05) is 60.7 Å². The number of carbonyl (C=O) groups is 3. The number of amides is 3. The Bertz CT molecular complexity index is 1630. The van der Waals surface area contributed by atoms with Crippen LogP contribution in [0.1, 0.15) is 31.2 Å². The molecule has 0 fully saturated rings. The lowest BCUT2D eigenvalue weighted by Gasteiger charge is -2.14. The van der Waals surface area contributed by atoms with Crippen LogP contribution >= 0.6 is 0 Å². The predicted octanol–water partition coefficient (Wildman–Crippen LogP) is 6.35. The van der Waals surface area contributed by atoms with Crippen molar-refractivity contribution in [1.29, 1.82) is 0 Å². The number of nitrogens with zero attached hydrogens (tertiary/aromatic N) is 6. The van der Waals surface area contributed by atoms with Gasteiger partial charge in [0, 0.05) is 36.5 Å². The minimum atomic E-state index is -0.549. The Morgan fingerprint density at radius 3 is 1.31 bits per heavy atom. The molecule has 48 heavy (non-hydrogen) atoms. The quantitative estimate of drug-likeness (QED) is 0.139. The van der Waals surface area contributed by atoms with Crippen molar-refractivity contribution in [2.24, 2.45) is 0 Å². The lowest BCUT2D eigenvalue weighted by atomic mass is 10.2. The van der Waals surface area contributed by atoms with Crippen LogP contribution in [0.5, 0.6) is 0 Å². The fraction of sp³-hybridized carbons (Fsp3) is 0. The Balaban J connectivity index is 0.000000163. The molecule has 3 heterocycles. The van der Waals surface area contributed by atoms with Crippen LogP contribution in [0.2, 0.25) is 0 Å². The van der Waals surface area contributed by atoms with Crippen LogP contribution in [0.3, 0.4) is 0 Å². The molecule has 3 N–H and O–H groups in total. The first-order valence-electron chi connectivity index (χ1n) is 14.3. The van der Waals surface area contributed by atoms with Crippen molar-refractivity contribution in [2.45, 2.75) is 0 Å². The monoisotopic (exact) mass is 642 g/mol. The van der Waals surface area contributed by atoms with E-state index in [1.165, 1.54) is 24.8 Å². The van der Waals surface area contributed by atoms with E-state index in [4.69, 9.17) is 0 Å². The molecule has 3 aromatic carbocycles. The highest BCUT2D eigenvalue weighted by Gasteiger charge is 2.17. The third-order valence-corrected chi connectivity index (χ3v) is 6.30. The van der Waals surface area contributed by atoms with E-state index < -0.39 is 17.7 Å². The third kappa shape index (κ3) is 9.70. The molecule has 240 valence electrons. The van der Waals surface area contributed by atoms with Crippen LogP contribution in [-0.4, -0.2) is 48.3 Å². The number of hydroxylamine groups is 3. The molecule has 0 saturated heterocycles. The summed E-state index contributed by atoms with van der Waals surface area (Å²) < 4.78 is 0. The minimum absolute atomic E-state index is 0.203. The van der Waals surface area contributed by atoms with Crippen LogP contribution in [-0.2, 0) is 0 Å². The first-order valence-corrected chi connectivity index (χ1v) is 14.3. The predicted molar refractivity (Wildman–Crippen MR) is 178 cm³/mol. The molecule has 0 aliphatic rings. The number of anilines is 3. The minimum Gasteiger partial charge on any atom is -0.281 e. The number of benzene rings is 3. The van der Waals surface area contributed by atoms with Gasteiger partial charge in [-0.25, -0.2) is 0 Å². The zero-order valence-electron chi connectivity index (χ0n) is 25.3. The van der Waals surface area contributed by atoms with Crippen LogP contribution < -0.4 is 15.2 Å². The molecule has 0 aliphatic carbocycles. The summed E-state index contributed by atoms with van der Waals surface area (Å²) in [4.78, 5) is 46.8. The van der Waals surface area contributed by atoms with E-state index in [0.717, 1.165) is 0 Å². The van der Waals surface area contributed by atoms with Gasteiger partial charge >= 0.3 is 5.91 Å². The molecular formula is C36H30N6O6. The summed E-state index contributed by atoms with van der Waals surface area (Å²) >= 11 is 0. The van der Waals surface area contributed by atoms with Crippen molar-refractivity contribution < 1.29 is 30.0 Å². The maximum atomic E-state index is 11.8. The van der Waals surface area contributed by atoms with E-state index in [1.54, 1.807) is 121 Å². The molecule has 0 atom stereocenters. The first kappa shape index (κ1) is 34.3. The Morgan fingerprint density at radius 1 is 0.417 bits per heavy atom. The molecule has 0 saturated carbocycles. The fourth-order valence-electron chi connectivity index (χ4n) is 3.89. The number of pyridine rings is 3. The highest BCUT2D eigenvalue weighted by Crippen LogP contribution is 2.15. The second-order valence-electron chi connectivity index (χ2n) is 9.55. The molecule has 3 amide bonds. The average molecular weight is 643 g/mol. The van der Waals surface area contributed by atoms with Gasteiger partial charge in [-0.05, 0) is 72.8 Å². The maximum Gasteiger partial charge on any atom is 0.300 e. The normalized spacial score (nSPS) is 9.81. The van der Waals surface area contributed by atoms with Crippen molar-refractivity contribution in [3.05, 3.63) is 181 Å². The Kier molecular flexibility index (Phi) is 12.7. The molecule has 0 bridgehead atoms. The lowest BCUT2D eigenvalue weighted by Crippen LogP contribution is -2.27. The maximum absolute atomic E-state index is 11.8. The smallest absolute Gasteiger partial charge is 0.281 e. The molecule has 3 aromatic heterocycles. The molecule has 0 unspecified atom stereocenters. The average Bonchev–Trinajstić information content (AvgIpc) is 3.18. The summed E-state index contributed by atoms with van der Waals surface area (Å²) in [6, 6.07) is 37.1. The van der Waals surface area contributed by atoms with Gasteiger partial charge in [-0.2, -0.15) is 15.2 Å². The summed E-state index contributed by atoms with van der Waals surface area (Å²) in [5.74, 6) is -1.53. The van der Waals surface area contributed by atoms with Crippen molar-refractivity contribution in [2.75, 3.05) is 15.2 Å². The molecule has 12 nitrogen and oxygen atoms in total. The van der Waals surface area contributed by atoms with Crippen molar-refractivity contribution in [3.63, 3.8) is 0 Å². The molecule has 0 radical (unpaired) electrons. The molecule has 12 heteroatoms. The van der Waals surface area contributed by atoms with Gasteiger partial charge in [0.1, 0.15) is 5.69 Å². The topological polar surface area (TPSA) is 160 Å². The second kappa shape index (κ2) is 17.8. The second-order valence-corrected chi connectivity index (χ2v) is 9.55. The van der Waals surface area contributed by atoms with Crippen LogP contribution in [0.4, 0.5) is 17.1 Å². The molecule has 6 aromatic rings. The van der Waals surface area contributed by atoms with E-state index in [0.29, 0.717) is 43.4 Å². The summed E-state index contributed by atoms with van der Waals surface area (Å²) in [6.45, 7) is 0. The number of hydrogen-bond acceptors (Lipinski definition) is 9. The number of para-hydroxylation sites is 3. The van der Waals surface area contributed by atoms with Gasteiger partial charge < -0.3 is 0 Å². The Hall–Kier alpha value is -6.60. The van der Waals surface area contributed by atoms with Crippen LogP contribution in [0, 0.1) is 0 Å². The first-order chi connectivity index (χ1) is 23.4. The Morgan fingerprint density at radius 2 is 0.875 bits per heavy atom. The summed E-state index contributed by atoms with van der Waals surface area (Å²) in [7, 11) is 0. The van der Waals surface area contributed by atoms with Crippen molar-refractivity contribution in [1.82, 2.24) is 15.0 Å². The van der Waals surface area contributed by atoms with Gasteiger partial charge in [0.15, 0.2) is 0 Å². The van der Waals surface area contributed by atoms with Crippen molar-refractivity contribution >= 4 is 34.8 Å². The summed E-state index contributed by atoms with van der Waals surface area (Å²) in [5, 5.41) is 30.9. The number of hydrogen-bond donors (Lipinski definition) is 3. The number of aromatic nitrogens is 3. The number of carbonyl (C=O) groups excluding carboxylic acids is 3. The molecule has 6 rings (SSSR count). The van der Waals surface area contributed by atoms with Gasteiger partial charge in [0.25, 0.3) is 11.8 Å².